The van der Waals surface area contributed by atoms with E-state index in [1.807, 2.05) is 0 Å². The molecule has 3 heteroatoms. The molecule has 3 N–H and O–H groups in total. The van der Waals surface area contributed by atoms with Gasteiger partial charge >= 0.3 is 0 Å². The summed E-state index contributed by atoms with van der Waals surface area (Å²) in [5.41, 5.74) is 5.53. The lowest BCUT2D eigenvalue weighted by Crippen LogP contribution is -2.39. The second kappa shape index (κ2) is 3.95. The molecule has 0 amide bonds. The maximum Gasteiger partial charge on any atom is 0.0837 e. The molecule has 2 rings (SSSR count). The average molecular weight is 185 g/mol. The van der Waals surface area contributed by atoms with Crippen molar-refractivity contribution >= 4 is 0 Å². The Morgan fingerprint density at radius 2 is 2.08 bits per heavy atom. The van der Waals surface area contributed by atoms with Crippen molar-refractivity contribution in [1.29, 1.82) is 0 Å². The molecule has 2 fully saturated rings. The molecule has 0 saturated heterocycles. The fraction of sp³-hybridized carbons (Fsp3) is 1.00. The Labute approximate surface area is 79.3 Å². The lowest BCUT2D eigenvalue weighted by molar-refractivity contribution is -0.105. The lowest BCUT2D eigenvalue weighted by Gasteiger charge is -2.36. The maximum absolute atomic E-state index is 9.53. The summed E-state index contributed by atoms with van der Waals surface area (Å²) in [6.07, 6.45) is 5.54. The predicted molar refractivity (Wildman–Crippen MR) is 50.3 cm³/mol. The van der Waals surface area contributed by atoms with E-state index in [0.29, 0.717) is 12.0 Å². The fourth-order valence-corrected chi connectivity index (χ4v) is 2.29. The molecule has 0 aliphatic heterocycles. The fourth-order valence-electron chi connectivity index (χ4n) is 2.29. The quantitative estimate of drug-likeness (QED) is 0.679. The van der Waals surface area contributed by atoms with Gasteiger partial charge in [-0.05, 0) is 44.6 Å². The van der Waals surface area contributed by atoms with Crippen molar-refractivity contribution in [2.24, 2.45) is 11.7 Å². The summed E-state index contributed by atoms with van der Waals surface area (Å²) in [7, 11) is 0. The van der Waals surface area contributed by atoms with E-state index in [1.54, 1.807) is 0 Å². The van der Waals surface area contributed by atoms with E-state index in [1.165, 1.54) is 0 Å². The number of ether oxygens (including phenoxy) is 1. The first-order valence-corrected chi connectivity index (χ1v) is 5.33. The first-order chi connectivity index (χ1) is 6.29. The van der Waals surface area contributed by atoms with Gasteiger partial charge in [-0.25, -0.2) is 0 Å². The maximum atomic E-state index is 9.53. The molecule has 0 aromatic carbocycles. The topological polar surface area (TPSA) is 55.5 Å². The van der Waals surface area contributed by atoms with Crippen molar-refractivity contribution < 1.29 is 9.84 Å². The van der Waals surface area contributed by atoms with Crippen molar-refractivity contribution in [2.45, 2.75) is 50.4 Å². The van der Waals surface area contributed by atoms with Gasteiger partial charge in [0.25, 0.3) is 0 Å². The Balaban J connectivity index is 1.68. The van der Waals surface area contributed by atoms with Crippen LogP contribution in [0.15, 0.2) is 0 Å². The highest BCUT2D eigenvalue weighted by atomic mass is 16.5. The van der Waals surface area contributed by atoms with Crippen molar-refractivity contribution in [3.8, 4) is 0 Å². The number of nitrogens with two attached hydrogens (primary N) is 1. The van der Waals surface area contributed by atoms with Crippen LogP contribution in [0.5, 0.6) is 0 Å². The Bertz CT molecular complexity index is 168. The minimum Gasteiger partial charge on any atom is -0.390 e. The standard InChI is InChI=1S/C10H19NO2/c11-6-7-4-8(5-7)13-10-3-1-2-9(10)12/h7-10,12H,1-6,11H2. The zero-order valence-corrected chi connectivity index (χ0v) is 7.98. The molecule has 76 valence electrons. The average Bonchev–Trinajstić information content (AvgIpc) is 2.43. The van der Waals surface area contributed by atoms with E-state index in [4.69, 9.17) is 10.5 Å². The molecular formula is C10H19NO2. The normalized spacial score (nSPS) is 44.8. The van der Waals surface area contributed by atoms with E-state index in [2.05, 4.69) is 0 Å². The molecular weight excluding hydrogens is 166 g/mol. The lowest BCUT2D eigenvalue weighted by atomic mass is 9.82. The first kappa shape index (κ1) is 9.44. The molecule has 0 aromatic heterocycles. The Morgan fingerprint density at radius 3 is 2.62 bits per heavy atom. The Morgan fingerprint density at radius 1 is 1.31 bits per heavy atom. The van der Waals surface area contributed by atoms with Gasteiger partial charge in [0.1, 0.15) is 0 Å². The third-order valence-electron chi connectivity index (χ3n) is 3.31. The van der Waals surface area contributed by atoms with Crippen LogP contribution in [0.3, 0.4) is 0 Å². The minimum atomic E-state index is -0.211. The van der Waals surface area contributed by atoms with Crippen LogP contribution >= 0.6 is 0 Å². The molecule has 2 aliphatic rings. The highest BCUT2D eigenvalue weighted by Gasteiger charge is 2.34. The Hall–Kier alpha value is -0.120. The van der Waals surface area contributed by atoms with Crippen LogP contribution in [0.2, 0.25) is 0 Å². The first-order valence-electron chi connectivity index (χ1n) is 5.33. The largest absolute Gasteiger partial charge is 0.390 e. The molecule has 0 heterocycles. The minimum absolute atomic E-state index is 0.115. The summed E-state index contributed by atoms with van der Waals surface area (Å²) in [6, 6.07) is 0. The third-order valence-corrected chi connectivity index (χ3v) is 3.31. The van der Waals surface area contributed by atoms with Crippen LogP contribution in [0.25, 0.3) is 0 Å². The molecule has 0 bridgehead atoms. The molecule has 2 saturated carbocycles. The van der Waals surface area contributed by atoms with Crippen LogP contribution in [0, 0.1) is 5.92 Å². The van der Waals surface area contributed by atoms with Crippen molar-refractivity contribution in [2.75, 3.05) is 6.54 Å². The number of hydrogen-bond acceptors (Lipinski definition) is 3. The highest BCUT2D eigenvalue weighted by molar-refractivity contribution is 4.85. The molecule has 0 radical (unpaired) electrons. The second-order valence-electron chi connectivity index (χ2n) is 4.37. The van der Waals surface area contributed by atoms with E-state index in [0.717, 1.165) is 38.6 Å². The summed E-state index contributed by atoms with van der Waals surface area (Å²) < 4.78 is 5.79. The second-order valence-corrected chi connectivity index (χ2v) is 4.37. The van der Waals surface area contributed by atoms with Crippen molar-refractivity contribution in [3.05, 3.63) is 0 Å². The van der Waals surface area contributed by atoms with Crippen molar-refractivity contribution in [3.63, 3.8) is 0 Å². The van der Waals surface area contributed by atoms with Gasteiger partial charge in [0, 0.05) is 0 Å². The molecule has 0 spiro atoms. The van der Waals surface area contributed by atoms with E-state index in [-0.39, 0.29) is 12.2 Å². The van der Waals surface area contributed by atoms with E-state index >= 15 is 0 Å². The number of rotatable bonds is 3. The zero-order chi connectivity index (χ0) is 9.26. The monoisotopic (exact) mass is 185 g/mol. The van der Waals surface area contributed by atoms with Gasteiger partial charge < -0.3 is 15.6 Å². The van der Waals surface area contributed by atoms with Gasteiger partial charge in [-0.1, -0.05) is 0 Å². The molecule has 0 aromatic rings. The Kier molecular flexibility index (Phi) is 2.86. The van der Waals surface area contributed by atoms with Crippen molar-refractivity contribution in [1.82, 2.24) is 0 Å². The van der Waals surface area contributed by atoms with Crippen LogP contribution in [0.1, 0.15) is 32.1 Å². The molecule has 2 atom stereocenters. The number of aliphatic hydroxyl groups excluding tert-OH is 1. The van der Waals surface area contributed by atoms with E-state index in [9.17, 15) is 5.11 Å². The summed E-state index contributed by atoms with van der Waals surface area (Å²) in [4.78, 5) is 0. The van der Waals surface area contributed by atoms with E-state index < -0.39 is 0 Å². The number of aliphatic hydroxyl groups is 1. The highest BCUT2D eigenvalue weighted by Crippen LogP contribution is 2.33. The zero-order valence-electron chi connectivity index (χ0n) is 7.98. The SMILES string of the molecule is NCC1CC(OC2CCCC2O)C1. The van der Waals surface area contributed by atoms with Gasteiger partial charge in [-0.15, -0.1) is 0 Å². The molecule has 2 unspecified atom stereocenters. The summed E-state index contributed by atoms with van der Waals surface area (Å²) in [6.45, 7) is 0.785. The van der Waals surface area contributed by atoms with Gasteiger partial charge in [-0.2, -0.15) is 0 Å². The van der Waals surface area contributed by atoms with Gasteiger partial charge in [0.15, 0.2) is 0 Å². The predicted octanol–water partition coefficient (Wildman–Crippen LogP) is 0.654. The third kappa shape index (κ3) is 2.03. The number of hydrogen-bond donors (Lipinski definition) is 2. The van der Waals surface area contributed by atoms with Gasteiger partial charge in [0.05, 0.1) is 18.3 Å². The molecule has 3 nitrogen and oxygen atoms in total. The molecule has 13 heavy (non-hydrogen) atoms. The van der Waals surface area contributed by atoms with Gasteiger partial charge in [0.2, 0.25) is 0 Å². The summed E-state index contributed by atoms with van der Waals surface area (Å²) in [5.74, 6) is 0.670. The summed E-state index contributed by atoms with van der Waals surface area (Å²) in [5, 5.41) is 9.53. The van der Waals surface area contributed by atoms with Crippen LogP contribution in [0.4, 0.5) is 0 Å². The van der Waals surface area contributed by atoms with Crippen LogP contribution in [-0.2, 0) is 4.74 Å². The van der Waals surface area contributed by atoms with Crippen LogP contribution in [-0.4, -0.2) is 30.0 Å². The summed E-state index contributed by atoms with van der Waals surface area (Å²) >= 11 is 0. The smallest absolute Gasteiger partial charge is 0.0837 e. The molecule has 2 aliphatic carbocycles. The van der Waals surface area contributed by atoms with Gasteiger partial charge in [-0.3, -0.25) is 0 Å². The van der Waals surface area contributed by atoms with Crippen LogP contribution < -0.4 is 5.73 Å².